The number of rotatable bonds is 8. The minimum Gasteiger partial charge on any atom is -0.441 e. The highest BCUT2D eigenvalue weighted by atomic mass is 16.6. The maximum atomic E-state index is 12.9. The molecule has 1 aliphatic heterocycles. The van der Waals surface area contributed by atoms with Crippen molar-refractivity contribution in [3.8, 4) is 0 Å². The Bertz CT molecular complexity index is 1140. The van der Waals surface area contributed by atoms with Gasteiger partial charge in [-0.3, -0.25) is 5.32 Å². The summed E-state index contributed by atoms with van der Waals surface area (Å²) in [5.41, 5.74) is 3.09. The Morgan fingerprint density at radius 1 is 1.03 bits per heavy atom. The SMILES string of the molecule is CC1(c2ccc(NC(=O)OC(c3ccccc3)C(C)(C)C)nc2COCc2ccccc2)CCCO1. The Labute approximate surface area is 214 Å². The number of carbonyl (C=O) groups is 1. The molecule has 1 N–H and O–H groups in total. The van der Waals surface area contributed by atoms with E-state index in [0.29, 0.717) is 19.0 Å². The summed E-state index contributed by atoms with van der Waals surface area (Å²) in [6.45, 7) is 9.75. The van der Waals surface area contributed by atoms with Crippen molar-refractivity contribution in [2.75, 3.05) is 11.9 Å². The third-order valence-corrected chi connectivity index (χ3v) is 6.46. The molecule has 4 rings (SSSR count). The Morgan fingerprint density at radius 3 is 2.36 bits per heavy atom. The average molecular weight is 489 g/mol. The summed E-state index contributed by atoms with van der Waals surface area (Å²) >= 11 is 0. The van der Waals surface area contributed by atoms with Gasteiger partial charge in [-0.05, 0) is 37.0 Å². The normalized spacial score (nSPS) is 18.6. The zero-order valence-electron chi connectivity index (χ0n) is 21.6. The minimum atomic E-state index is -0.543. The van der Waals surface area contributed by atoms with E-state index in [1.54, 1.807) is 6.07 Å². The predicted octanol–water partition coefficient (Wildman–Crippen LogP) is 7.16. The molecule has 0 radical (unpaired) electrons. The highest BCUT2D eigenvalue weighted by Gasteiger charge is 2.35. The van der Waals surface area contributed by atoms with Gasteiger partial charge in [0.15, 0.2) is 0 Å². The summed E-state index contributed by atoms with van der Waals surface area (Å²) in [6, 6.07) is 23.6. The summed E-state index contributed by atoms with van der Waals surface area (Å²) in [5, 5.41) is 2.82. The lowest BCUT2D eigenvalue weighted by Gasteiger charge is -2.30. The van der Waals surface area contributed by atoms with Crippen molar-refractivity contribution in [3.63, 3.8) is 0 Å². The molecule has 36 heavy (non-hydrogen) atoms. The van der Waals surface area contributed by atoms with E-state index in [4.69, 9.17) is 19.2 Å². The van der Waals surface area contributed by atoms with Crippen LogP contribution < -0.4 is 5.32 Å². The molecule has 3 aromatic rings. The molecule has 2 heterocycles. The molecule has 2 atom stereocenters. The fourth-order valence-corrected chi connectivity index (χ4v) is 4.61. The maximum absolute atomic E-state index is 12.9. The number of benzene rings is 2. The summed E-state index contributed by atoms with van der Waals surface area (Å²) < 4.78 is 18.0. The van der Waals surface area contributed by atoms with E-state index in [1.807, 2.05) is 66.7 Å². The smallest absolute Gasteiger partial charge is 0.413 e. The van der Waals surface area contributed by atoms with Crippen LogP contribution in [0.3, 0.4) is 0 Å². The molecule has 2 aromatic carbocycles. The summed E-state index contributed by atoms with van der Waals surface area (Å²) in [4.78, 5) is 17.7. The van der Waals surface area contributed by atoms with Gasteiger partial charge in [-0.2, -0.15) is 0 Å². The van der Waals surface area contributed by atoms with Crippen LogP contribution in [0.1, 0.15) is 69.0 Å². The van der Waals surface area contributed by atoms with Crippen LogP contribution in [0.25, 0.3) is 0 Å². The second-order valence-electron chi connectivity index (χ2n) is 10.5. The van der Waals surface area contributed by atoms with Crippen LogP contribution in [0.15, 0.2) is 72.8 Å². The van der Waals surface area contributed by atoms with Gasteiger partial charge in [0.2, 0.25) is 0 Å². The Morgan fingerprint density at radius 2 is 1.72 bits per heavy atom. The van der Waals surface area contributed by atoms with Gasteiger partial charge in [0, 0.05) is 17.6 Å². The second-order valence-corrected chi connectivity index (χ2v) is 10.5. The third kappa shape index (κ3) is 6.50. The Balaban J connectivity index is 1.51. The summed E-state index contributed by atoms with van der Waals surface area (Å²) in [5.74, 6) is 0.421. The first kappa shape index (κ1) is 25.9. The van der Waals surface area contributed by atoms with Crippen molar-refractivity contribution in [1.29, 1.82) is 0 Å². The zero-order valence-corrected chi connectivity index (χ0v) is 21.6. The number of hydrogen-bond acceptors (Lipinski definition) is 5. The van der Waals surface area contributed by atoms with Crippen LogP contribution in [-0.2, 0) is 33.0 Å². The first-order valence-corrected chi connectivity index (χ1v) is 12.5. The molecule has 0 bridgehead atoms. The second kappa shape index (κ2) is 11.2. The quantitative estimate of drug-likeness (QED) is 0.364. The third-order valence-electron chi connectivity index (χ3n) is 6.46. The molecule has 1 aromatic heterocycles. The molecule has 1 aliphatic rings. The highest BCUT2D eigenvalue weighted by molar-refractivity contribution is 5.83. The number of aromatic nitrogens is 1. The van der Waals surface area contributed by atoms with Gasteiger partial charge in [-0.1, -0.05) is 87.5 Å². The standard InChI is InChI=1S/C30H36N2O4/c1-29(2,3)27(23-14-9-6-10-15-23)36-28(33)32-26-17-16-24(30(4)18-11-19-35-30)25(31-26)21-34-20-22-12-7-5-8-13-22/h5-10,12-17,27H,11,18-21H2,1-4H3,(H,31,32,33). The van der Waals surface area contributed by atoms with Gasteiger partial charge in [-0.25, -0.2) is 9.78 Å². The van der Waals surface area contributed by atoms with Gasteiger partial charge in [-0.15, -0.1) is 0 Å². The monoisotopic (exact) mass is 488 g/mol. The van der Waals surface area contributed by atoms with E-state index >= 15 is 0 Å². The van der Waals surface area contributed by atoms with E-state index in [2.05, 4.69) is 33.0 Å². The molecule has 1 saturated heterocycles. The fraction of sp³-hybridized carbons (Fsp3) is 0.400. The Hall–Kier alpha value is -3.22. The lowest BCUT2D eigenvalue weighted by Crippen LogP contribution is -2.27. The van der Waals surface area contributed by atoms with Crippen LogP contribution >= 0.6 is 0 Å². The lowest BCUT2D eigenvalue weighted by molar-refractivity contribution is 0.0131. The van der Waals surface area contributed by atoms with E-state index in [-0.39, 0.29) is 5.41 Å². The molecule has 1 amide bonds. The van der Waals surface area contributed by atoms with Crippen molar-refractivity contribution in [1.82, 2.24) is 4.98 Å². The van der Waals surface area contributed by atoms with Crippen molar-refractivity contribution in [2.45, 2.75) is 65.5 Å². The highest BCUT2D eigenvalue weighted by Crippen LogP contribution is 2.38. The number of nitrogens with one attached hydrogen (secondary N) is 1. The Kier molecular flexibility index (Phi) is 8.07. The van der Waals surface area contributed by atoms with Gasteiger partial charge >= 0.3 is 6.09 Å². The van der Waals surface area contributed by atoms with Crippen LogP contribution in [0.2, 0.25) is 0 Å². The van der Waals surface area contributed by atoms with Crippen LogP contribution in [0.5, 0.6) is 0 Å². The van der Waals surface area contributed by atoms with Crippen LogP contribution in [-0.4, -0.2) is 17.7 Å². The van der Waals surface area contributed by atoms with E-state index < -0.39 is 17.8 Å². The number of anilines is 1. The van der Waals surface area contributed by atoms with E-state index in [9.17, 15) is 4.79 Å². The lowest BCUT2D eigenvalue weighted by atomic mass is 9.84. The van der Waals surface area contributed by atoms with Crippen molar-refractivity contribution in [3.05, 3.63) is 95.2 Å². The molecule has 1 fully saturated rings. The molecule has 0 saturated carbocycles. The number of amides is 1. The summed E-state index contributed by atoms with van der Waals surface area (Å²) in [7, 11) is 0. The largest absolute Gasteiger partial charge is 0.441 e. The van der Waals surface area contributed by atoms with Gasteiger partial charge in [0.05, 0.1) is 24.5 Å². The maximum Gasteiger partial charge on any atom is 0.413 e. The zero-order chi connectivity index (χ0) is 25.6. The van der Waals surface area contributed by atoms with Crippen LogP contribution in [0.4, 0.5) is 10.6 Å². The molecule has 6 nitrogen and oxygen atoms in total. The molecular weight excluding hydrogens is 452 g/mol. The topological polar surface area (TPSA) is 69.7 Å². The molecule has 0 spiro atoms. The van der Waals surface area contributed by atoms with Gasteiger partial charge in [0.1, 0.15) is 11.9 Å². The minimum absolute atomic E-state index is 0.277. The molecule has 0 aliphatic carbocycles. The van der Waals surface area contributed by atoms with Crippen LogP contribution in [0, 0.1) is 5.41 Å². The number of hydrogen-bond donors (Lipinski definition) is 1. The van der Waals surface area contributed by atoms with Gasteiger partial charge < -0.3 is 14.2 Å². The van der Waals surface area contributed by atoms with Gasteiger partial charge in [0.25, 0.3) is 0 Å². The number of nitrogens with zero attached hydrogens (tertiary/aromatic N) is 1. The number of ether oxygens (including phenoxy) is 3. The van der Waals surface area contributed by atoms with Crippen molar-refractivity contribution >= 4 is 11.9 Å². The van der Waals surface area contributed by atoms with Crippen molar-refractivity contribution in [2.24, 2.45) is 5.41 Å². The predicted molar refractivity (Wildman–Crippen MR) is 140 cm³/mol. The molecule has 190 valence electrons. The first-order chi connectivity index (χ1) is 17.2. The molecule has 6 heteroatoms. The van der Waals surface area contributed by atoms with E-state index in [0.717, 1.165) is 41.8 Å². The molecule has 2 unspecified atom stereocenters. The first-order valence-electron chi connectivity index (χ1n) is 12.5. The average Bonchev–Trinajstić information content (AvgIpc) is 3.30. The summed E-state index contributed by atoms with van der Waals surface area (Å²) in [6.07, 6.45) is 0.969. The fourth-order valence-electron chi connectivity index (χ4n) is 4.61. The number of pyridine rings is 1. The number of carbonyl (C=O) groups excluding carboxylic acids is 1. The molecular formula is C30H36N2O4. The van der Waals surface area contributed by atoms with Crippen molar-refractivity contribution < 1.29 is 19.0 Å². The van der Waals surface area contributed by atoms with E-state index in [1.165, 1.54) is 0 Å².